The van der Waals surface area contributed by atoms with Gasteiger partial charge in [-0.3, -0.25) is 0 Å². The molecule has 0 aliphatic carbocycles. The second-order valence-electron chi connectivity index (χ2n) is 3.52. The Labute approximate surface area is 88.0 Å². The van der Waals surface area contributed by atoms with Crippen molar-refractivity contribution in [3.05, 3.63) is 23.7 Å². The van der Waals surface area contributed by atoms with Crippen LogP contribution in [0.1, 0.15) is 24.7 Å². The summed E-state index contributed by atoms with van der Waals surface area (Å²) in [4.78, 5) is 0. The van der Waals surface area contributed by atoms with E-state index in [0.717, 1.165) is 35.5 Å². The van der Waals surface area contributed by atoms with E-state index in [2.05, 4.69) is 12.1 Å². The quantitative estimate of drug-likeness (QED) is 0.838. The SMILES string of the molecule is CCCc1c(N)noc1-c1ccoc1C. The molecule has 2 aromatic heterocycles. The Bertz CT molecular complexity index is 457. The molecular formula is C11H14N2O2. The Morgan fingerprint density at radius 3 is 2.87 bits per heavy atom. The van der Waals surface area contributed by atoms with Crippen LogP contribution in [0.25, 0.3) is 11.3 Å². The molecule has 0 saturated heterocycles. The van der Waals surface area contributed by atoms with E-state index in [1.54, 1.807) is 6.26 Å². The summed E-state index contributed by atoms with van der Waals surface area (Å²) >= 11 is 0. The van der Waals surface area contributed by atoms with Gasteiger partial charge in [-0.25, -0.2) is 0 Å². The predicted octanol–water partition coefficient (Wildman–Crippen LogP) is 2.78. The first-order valence-electron chi connectivity index (χ1n) is 5.02. The maximum Gasteiger partial charge on any atom is 0.175 e. The number of hydrogen-bond acceptors (Lipinski definition) is 4. The third-order valence-electron chi connectivity index (χ3n) is 2.42. The monoisotopic (exact) mass is 206 g/mol. The Hall–Kier alpha value is -1.71. The van der Waals surface area contributed by atoms with E-state index in [0.29, 0.717) is 5.82 Å². The number of nitrogens with two attached hydrogens (primary N) is 1. The van der Waals surface area contributed by atoms with Gasteiger partial charge < -0.3 is 14.7 Å². The molecule has 4 nitrogen and oxygen atoms in total. The van der Waals surface area contributed by atoms with Crippen molar-refractivity contribution in [2.75, 3.05) is 5.73 Å². The number of furan rings is 1. The lowest BCUT2D eigenvalue weighted by Crippen LogP contribution is -1.92. The molecule has 2 heterocycles. The first-order valence-corrected chi connectivity index (χ1v) is 5.02. The molecule has 80 valence electrons. The van der Waals surface area contributed by atoms with Crippen molar-refractivity contribution in [1.29, 1.82) is 0 Å². The van der Waals surface area contributed by atoms with E-state index in [4.69, 9.17) is 14.7 Å². The molecule has 0 radical (unpaired) electrons. The zero-order valence-electron chi connectivity index (χ0n) is 8.91. The van der Waals surface area contributed by atoms with E-state index in [9.17, 15) is 0 Å². The van der Waals surface area contributed by atoms with Gasteiger partial charge in [0, 0.05) is 5.56 Å². The summed E-state index contributed by atoms with van der Waals surface area (Å²) in [5.41, 5.74) is 7.66. The molecule has 0 atom stereocenters. The smallest absolute Gasteiger partial charge is 0.175 e. The molecule has 0 saturated carbocycles. The molecule has 0 aromatic carbocycles. The zero-order chi connectivity index (χ0) is 10.8. The van der Waals surface area contributed by atoms with Crippen molar-refractivity contribution in [2.45, 2.75) is 26.7 Å². The second kappa shape index (κ2) is 3.81. The second-order valence-corrected chi connectivity index (χ2v) is 3.52. The molecular weight excluding hydrogens is 192 g/mol. The van der Waals surface area contributed by atoms with Crippen molar-refractivity contribution in [1.82, 2.24) is 5.16 Å². The molecule has 0 aliphatic rings. The Morgan fingerprint density at radius 2 is 2.27 bits per heavy atom. The number of nitrogen functional groups attached to an aromatic ring is 1. The van der Waals surface area contributed by atoms with Gasteiger partial charge in [0.05, 0.1) is 11.8 Å². The average molecular weight is 206 g/mol. The van der Waals surface area contributed by atoms with Gasteiger partial charge >= 0.3 is 0 Å². The standard InChI is InChI=1S/C11H14N2O2/c1-3-4-9-10(15-13-11(9)12)8-5-6-14-7(8)2/h5-6H,3-4H2,1-2H3,(H2,12,13). The fraction of sp³-hybridized carbons (Fsp3) is 0.364. The molecule has 0 amide bonds. The van der Waals surface area contributed by atoms with Crippen molar-refractivity contribution in [3.8, 4) is 11.3 Å². The van der Waals surface area contributed by atoms with Gasteiger partial charge in [0.2, 0.25) is 0 Å². The van der Waals surface area contributed by atoms with Crippen LogP contribution in [0.5, 0.6) is 0 Å². The Balaban J connectivity index is 2.49. The van der Waals surface area contributed by atoms with Gasteiger partial charge in [0.1, 0.15) is 5.76 Å². The minimum absolute atomic E-state index is 0.479. The Kier molecular flexibility index (Phi) is 2.49. The summed E-state index contributed by atoms with van der Waals surface area (Å²) in [7, 11) is 0. The molecule has 0 fully saturated rings. The van der Waals surface area contributed by atoms with Gasteiger partial charge in [-0.05, 0) is 19.4 Å². The summed E-state index contributed by atoms with van der Waals surface area (Å²) < 4.78 is 10.5. The number of aromatic nitrogens is 1. The lowest BCUT2D eigenvalue weighted by atomic mass is 10.1. The summed E-state index contributed by atoms with van der Waals surface area (Å²) in [6, 6.07) is 1.87. The highest BCUT2D eigenvalue weighted by Gasteiger charge is 2.17. The predicted molar refractivity (Wildman–Crippen MR) is 57.3 cm³/mol. The summed E-state index contributed by atoms with van der Waals surface area (Å²) in [6.45, 7) is 3.99. The van der Waals surface area contributed by atoms with E-state index in [-0.39, 0.29) is 0 Å². The minimum atomic E-state index is 0.479. The highest BCUT2D eigenvalue weighted by molar-refractivity contribution is 5.67. The van der Waals surface area contributed by atoms with Crippen molar-refractivity contribution in [2.24, 2.45) is 0 Å². The molecule has 0 bridgehead atoms. The third kappa shape index (κ3) is 1.63. The number of nitrogens with zero attached hydrogens (tertiary/aromatic N) is 1. The van der Waals surface area contributed by atoms with Gasteiger partial charge in [-0.1, -0.05) is 18.5 Å². The van der Waals surface area contributed by atoms with Crippen LogP contribution < -0.4 is 5.73 Å². The molecule has 4 heteroatoms. The van der Waals surface area contributed by atoms with Gasteiger partial charge in [-0.2, -0.15) is 0 Å². The number of hydrogen-bond donors (Lipinski definition) is 1. The maximum atomic E-state index is 5.75. The van der Waals surface area contributed by atoms with Gasteiger partial charge in [0.25, 0.3) is 0 Å². The topological polar surface area (TPSA) is 65.2 Å². The number of aryl methyl sites for hydroxylation is 1. The molecule has 0 aliphatic heterocycles. The van der Waals surface area contributed by atoms with E-state index in [1.807, 2.05) is 13.0 Å². The van der Waals surface area contributed by atoms with Crippen molar-refractivity contribution in [3.63, 3.8) is 0 Å². The van der Waals surface area contributed by atoms with Crippen LogP contribution in [-0.4, -0.2) is 5.16 Å². The van der Waals surface area contributed by atoms with E-state index < -0.39 is 0 Å². The minimum Gasteiger partial charge on any atom is -0.469 e. The zero-order valence-corrected chi connectivity index (χ0v) is 8.91. The van der Waals surface area contributed by atoms with Crippen LogP contribution in [0, 0.1) is 6.92 Å². The fourth-order valence-electron chi connectivity index (χ4n) is 1.65. The lowest BCUT2D eigenvalue weighted by Gasteiger charge is -1.98. The third-order valence-corrected chi connectivity index (χ3v) is 2.42. The maximum absolute atomic E-state index is 5.75. The van der Waals surface area contributed by atoms with Crippen LogP contribution >= 0.6 is 0 Å². The molecule has 0 spiro atoms. The number of anilines is 1. The highest BCUT2D eigenvalue weighted by Crippen LogP contribution is 2.31. The van der Waals surface area contributed by atoms with Crippen LogP contribution in [0.3, 0.4) is 0 Å². The highest BCUT2D eigenvalue weighted by atomic mass is 16.5. The molecule has 0 unspecified atom stereocenters. The summed E-state index contributed by atoms with van der Waals surface area (Å²) in [6.07, 6.45) is 3.52. The van der Waals surface area contributed by atoms with Crippen LogP contribution in [-0.2, 0) is 6.42 Å². The van der Waals surface area contributed by atoms with Crippen LogP contribution in [0.2, 0.25) is 0 Å². The largest absolute Gasteiger partial charge is 0.469 e. The van der Waals surface area contributed by atoms with E-state index in [1.165, 1.54) is 0 Å². The summed E-state index contributed by atoms with van der Waals surface area (Å²) in [5.74, 6) is 2.04. The average Bonchev–Trinajstić information content (AvgIpc) is 2.76. The van der Waals surface area contributed by atoms with Crippen molar-refractivity contribution < 1.29 is 8.94 Å². The normalized spacial score (nSPS) is 10.8. The Morgan fingerprint density at radius 1 is 1.47 bits per heavy atom. The first kappa shape index (κ1) is 9.83. The van der Waals surface area contributed by atoms with Crippen molar-refractivity contribution >= 4 is 5.82 Å². The van der Waals surface area contributed by atoms with E-state index >= 15 is 0 Å². The molecule has 2 N–H and O–H groups in total. The van der Waals surface area contributed by atoms with Crippen LogP contribution in [0.4, 0.5) is 5.82 Å². The van der Waals surface area contributed by atoms with Crippen LogP contribution in [0.15, 0.2) is 21.3 Å². The lowest BCUT2D eigenvalue weighted by molar-refractivity contribution is 0.433. The molecule has 15 heavy (non-hydrogen) atoms. The molecule has 2 rings (SSSR count). The summed E-state index contributed by atoms with van der Waals surface area (Å²) in [5, 5.41) is 3.79. The fourth-order valence-corrected chi connectivity index (χ4v) is 1.65. The first-order chi connectivity index (χ1) is 7.24. The molecule has 2 aromatic rings. The van der Waals surface area contributed by atoms with Gasteiger partial charge in [-0.15, -0.1) is 0 Å². The number of rotatable bonds is 3. The van der Waals surface area contributed by atoms with Gasteiger partial charge in [0.15, 0.2) is 11.6 Å².